The molecule has 1 N–H and O–H groups in total. The van der Waals surface area contributed by atoms with Crippen LogP contribution in [0.4, 0.5) is 0 Å². The molecule has 98 valence electrons. The Bertz CT molecular complexity index is 207. The lowest BCUT2D eigenvalue weighted by molar-refractivity contribution is -0.131. The van der Waals surface area contributed by atoms with E-state index in [1.807, 2.05) is 0 Å². The zero-order chi connectivity index (χ0) is 12.5. The van der Waals surface area contributed by atoms with E-state index in [2.05, 4.69) is 6.58 Å². The van der Waals surface area contributed by atoms with Crippen LogP contribution in [0.5, 0.6) is 0 Å². The monoisotopic (exact) mass is 238 g/mol. The molecule has 2 nitrogen and oxygen atoms in total. The summed E-state index contributed by atoms with van der Waals surface area (Å²) in [5, 5.41) is 7.60. The Morgan fingerprint density at radius 3 is 1.41 bits per heavy atom. The summed E-state index contributed by atoms with van der Waals surface area (Å²) in [7, 11) is 0. The van der Waals surface area contributed by atoms with Crippen LogP contribution in [0.1, 0.15) is 64.2 Å². The van der Waals surface area contributed by atoms with Gasteiger partial charge in [0.05, 0.1) is 0 Å². The van der Waals surface area contributed by atoms with Crippen molar-refractivity contribution in [2.45, 2.75) is 64.2 Å². The third kappa shape index (κ3) is 5.90. The molecular formula is C15H26O2. The van der Waals surface area contributed by atoms with Crippen molar-refractivity contribution in [1.82, 2.24) is 0 Å². The first-order valence-corrected chi connectivity index (χ1v) is 7.09. The molecule has 0 spiro atoms. The quantitative estimate of drug-likeness (QED) is 0.724. The van der Waals surface area contributed by atoms with Crippen molar-refractivity contribution < 1.29 is 9.90 Å². The molecule has 0 aromatic rings. The smallest absolute Gasteiger partial charge is 0.327 e. The number of carboxylic acids is 1. The van der Waals surface area contributed by atoms with Crippen molar-refractivity contribution in [3.8, 4) is 0 Å². The minimum Gasteiger partial charge on any atom is -0.478 e. The van der Waals surface area contributed by atoms with Crippen LogP contribution in [-0.4, -0.2) is 11.1 Å². The van der Waals surface area contributed by atoms with Gasteiger partial charge in [0.15, 0.2) is 0 Å². The van der Waals surface area contributed by atoms with Crippen LogP contribution in [-0.2, 0) is 4.79 Å². The van der Waals surface area contributed by atoms with E-state index in [0.29, 0.717) is 0 Å². The molecule has 0 unspecified atom stereocenters. The van der Waals surface area contributed by atoms with Crippen molar-refractivity contribution >= 4 is 5.97 Å². The second-order valence-electron chi connectivity index (χ2n) is 5.34. The fourth-order valence-electron chi connectivity index (χ4n) is 3.21. The molecule has 2 aliphatic carbocycles. The van der Waals surface area contributed by atoms with Gasteiger partial charge in [-0.2, -0.15) is 0 Å². The predicted molar refractivity (Wildman–Crippen MR) is 71.0 cm³/mol. The second-order valence-corrected chi connectivity index (χ2v) is 5.34. The van der Waals surface area contributed by atoms with Crippen molar-refractivity contribution in [3.05, 3.63) is 12.7 Å². The van der Waals surface area contributed by atoms with Gasteiger partial charge in [0, 0.05) is 6.08 Å². The largest absolute Gasteiger partial charge is 0.478 e. The molecule has 2 aliphatic rings. The van der Waals surface area contributed by atoms with Crippen LogP contribution >= 0.6 is 0 Å². The maximum Gasteiger partial charge on any atom is 0.327 e. The third-order valence-corrected chi connectivity index (χ3v) is 4.14. The van der Waals surface area contributed by atoms with E-state index in [9.17, 15) is 4.79 Å². The van der Waals surface area contributed by atoms with Crippen molar-refractivity contribution in [3.63, 3.8) is 0 Å². The van der Waals surface area contributed by atoms with Crippen LogP contribution in [0.15, 0.2) is 12.7 Å². The molecule has 0 aromatic heterocycles. The standard InChI is InChI=1S/C12H22.C3H4O2/c1-3-7-11(8-4-1)12-9-5-2-6-10-12;1-2-3(4)5/h11-12H,1-10H2;2H,1H2,(H,4,5). The Morgan fingerprint density at radius 1 is 0.882 bits per heavy atom. The summed E-state index contributed by atoms with van der Waals surface area (Å²) in [5.74, 6) is 1.29. The second kappa shape index (κ2) is 8.32. The molecule has 2 saturated carbocycles. The number of hydrogen-bond acceptors (Lipinski definition) is 1. The first kappa shape index (κ1) is 14.3. The summed E-state index contributed by atoms with van der Waals surface area (Å²) in [4.78, 5) is 9.25. The lowest BCUT2D eigenvalue weighted by Crippen LogP contribution is -2.20. The highest BCUT2D eigenvalue weighted by Gasteiger charge is 2.24. The highest BCUT2D eigenvalue weighted by atomic mass is 16.4. The highest BCUT2D eigenvalue weighted by molar-refractivity contribution is 5.78. The molecular weight excluding hydrogens is 212 g/mol. The first-order valence-electron chi connectivity index (χ1n) is 7.09. The summed E-state index contributed by atoms with van der Waals surface area (Å²) in [6, 6.07) is 0. The molecule has 0 atom stereocenters. The summed E-state index contributed by atoms with van der Waals surface area (Å²) < 4.78 is 0. The van der Waals surface area contributed by atoms with E-state index >= 15 is 0 Å². The average molecular weight is 238 g/mol. The zero-order valence-electron chi connectivity index (χ0n) is 10.9. The van der Waals surface area contributed by atoms with Gasteiger partial charge in [0.2, 0.25) is 0 Å². The summed E-state index contributed by atoms with van der Waals surface area (Å²) in [6.45, 7) is 2.96. The normalized spacial score (nSPS) is 22.4. The lowest BCUT2D eigenvalue weighted by atomic mass is 9.73. The Balaban J connectivity index is 0.000000249. The van der Waals surface area contributed by atoms with Crippen LogP contribution in [0.2, 0.25) is 0 Å². The van der Waals surface area contributed by atoms with Gasteiger partial charge >= 0.3 is 5.97 Å². The zero-order valence-corrected chi connectivity index (χ0v) is 10.9. The van der Waals surface area contributed by atoms with E-state index in [0.717, 1.165) is 17.9 Å². The van der Waals surface area contributed by atoms with Gasteiger partial charge in [-0.1, -0.05) is 70.8 Å². The Morgan fingerprint density at radius 2 is 1.18 bits per heavy atom. The van der Waals surface area contributed by atoms with Gasteiger partial charge in [0.25, 0.3) is 0 Å². The molecule has 0 heterocycles. The first-order chi connectivity index (χ1) is 8.24. The molecule has 2 fully saturated rings. The number of rotatable bonds is 2. The lowest BCUT2D eigenvalue weighted by Gasteiger charge is -2.32. The summed E-state index contributed by atoms with van der Waals surface area (Å²) >= 11 is 0. The van der Waals surface area contributed by atoms with Gasteiger partial charge in [0.1, 0.15) is 0 Å². The summed E-state index contributed by atoms with van der Waals surface area (Å²) in [6.07, 6.45) is 16.2. The number of carboxylic acid groups (broad SMARTS) is 1. The fourth-order valence-corrected chi connectivity index (χ4v) is 3.21. The fraction of sp³-hybridized carbons (Fsp3) is 0.800. The van der Waals surface area contributed by atoms with Gasteiger partial charge in [-0.05, 0) is 11.8 Å². The molecule has 0 aliphatic heterocycles. The predicted octanol–water partition coefficient (Wildman–Crippen LogP) is 4.40. The Labute approximate surface area is 105 Å². The van der Waals surface area contributed by atoms with Gasteiger partial charge in [-0.25, -0.2) is 4.79 Å². The number of hydrogen-bond donors (Lipinski definition) is 1. The molecule has 0 bridgehead atoms. The van der Waals surface area contributed by atoms with Gasteiger partial charge in [-0.3, -0.25) is 0 Å². The topological polar surface area (TPSA) is 37.3 Å². The Hall–Kier alpha value is -0.790. The average Bonchev–Trinajstić information content (AvgIpc) is 2.41. The van der Waals surface area contributed by atoms with E-state index in [4.69, 9.17) is 5.11 Å². The molecule has 2 heteroatoms. The van der Waals surface area contributed by atoms with E-state index in [1.54, 1.807) is 25.7 Å². The van der Waals surface area contributed by atoms with E-state index < -0.39 is 5.97 Å². The molecule has 0 saturated heterocycles. The molecule has 0 radical (unpaired) electrons. The Kier molecular flexibility index (Phi) is 6.99. The van der Waals surface area contributed by atoms with Crippen LogP contribution < -0.4 is 0 Å². The van der Waals surface area contributed by atoms with Crippen molar-refractivity contribution in [2.24, 2.45) is 11.8 Å². The van der Waals surface area contributed by atoms with Crippen LogP contribution in [0.3, 0.4) is 0 Å². The summed E-state index contributed by atoms with van der Waals surface area (Å²) in [5.41, 5.74) is 0. The number of aliphatic carboxylic acids is 1. The molecule has 17 heavy (non-hydrogen) atoms. The highest BCUT2D eigenvalue weighted by Crippen LogP contribution is 2.37. The molecule has 0 amide bonds. The molecule has 0 aromatic carbocycles. The third-order valence-electron chi connectivity index (χ3n) is 4.14. The van der Waals surface area contributed by atoms with Crippen LogP contribution in [0, 0.1) is 11.8 Å². The van der Waals surface area contributed by atoms with E-state index in [1.165, 1.54) is 38.5 Å². The SMILES string of the molecule is C1CCC(C2CCCCC2)CC1.C=CC(=O)O. The maximum absolute atomic E-state index is 9.25. The van der Waals surface area contributed by atoms with Gasteiger partial charge in [-0.15, -0.1) is 0 Å². The number of carbonyl (C=O) groups is 1. The van der Waals surface area contributed by atoms with E-state index in [-0.39, 0.29) is 0 Å². The minimum atomic E-state index is -0.981. The van der Waals surface area contributed by atoms with Crippen LogP contribution in [0.25, 0.3) is 0 Å². The van der Waals surface area contributed by atoms with Gasteiger partial charge < -0.3 is 5.11 Å². The maximum atomic E-state index is 9.25. The molecule has 2 rings (SSSR count). The van der Waals surface area contributed by atoms with Crippen molar-refractivity contribution in [1.29, 1.82) is 0 Å². The van der Waals surface area contributed by atoms with Crippen molar-refractivity contribution in [2.75, 3.05) is 0 Å². The minimum absolute atomic E-state index is 0.833.